The third kappa shape index (κ3) is 3.59. The lowest BCUT2D eigenvalue weighted by atomic mass is 10.0. The molecular weight excluding hydrogens is 248 g/mol. The second-order valence-corrected chi connectivity index (χ2v) is 5.75. The number of aliphatic carboxylic acids is 1. The van der Waals surface area contributed by atoms with Crippen molar-refractivity contribution in [3.8, 4) is 0 Å². The van der Waals surface area contributed by atoms with Gasteiger partial charge in [-0.3, -0.25) is 0 Å². The van der Waals surface area contributed by atoms with Crippen molar-refractivity contribution in [1.82, 2.24) is 10.6 Å². The molecule has 1 saturated carbocycles. The molecule has 19 heavy (non-hydrogen) atoms. The van der Waals surface area contributed by atoms with Crippen LogP contribution in [-0.2, 0) is 9.53 Å². The van der Waals surface area contributed by atoms with Gasteiger partial charge in [-0.15, -0.1) is 0 Å². The van der Waals surface area contributed by atoms with Gasteiger partial charge in [-0.1, -0.05) is 13.8 Å². The van der Waals surface area contributed by atoms with Crippen molar-refractivity contribution in [3.05, 3.63) is 0 Å². The van der Waals surface area contributed by atoms with E-state index in [4.69, 9.17) is 9.84 Å². The number of carboxylic acid groups (broad SMARTS) is 1. The fourth-order valence-electron chi connectivity index (χ4n) is 2.52. The van der Waals surface area contributed by atoms with E-state index in [1.165, 1.54) is 0 Å². The molecule has 2 aliphatic rings. The van der Waals surface area contributed by atoms with Gasteiger partial charge in [0, 0.05) is 6.61 Å². The van der Waals surface area contributed by atoms with Crippen LogP contribution in [0.3, 0.4) is 0 Å². The number of hydrogen-bond acceptors (Lipinski definition) is 3. The quantitative estimate of drug-likeness (QED) is 0.694. The summed E-state index contributed by atoms with van der Waals surface area (Å²) in [5, 5.41) is 14.4. The molecule has 0 aromatic rings. The van der Waals surface area contributed by atoms with Crippen molar-refractivity contribution < 1.29 is 19.4 Å². The smallest absolute Gasteiger partial charge is 0.326 e. The van der Waals surface area contributed by atoms with Crippen molar-refractivity contribution in [2.45, 2.75) is 51.3 Å². The minimum absolute atomic E-state index is 0.00843. The molecule has 1 aliphatic carbocycles. The Kier molecular flexibility index (Phi) is 4.29. The molecular formula is C13H22N2O4. The van der Waals surface area contributed by atoms with E-state index in [1.807, 2.05) is 0 Å². The Morgan fingerprint density at radius 1 is 1.26 bits per heavy atom. The zero-order chi connectivity index (χ0) is 14.0. The van der Waals surface area contributed by atoms with Gasteiger partial charge in [-0.2, -0.15) is 0 Å². The minimum atomic E-state index is -1.01. The van der Waals surface area contributed by atoms with E-state index >= 15 is 0 Å². The van der Waals surface area contributed by atoms with Crippen LogP contribution in [0.1, 0.15) is 33.1 Å². The Morgan fingerprint density at radius 3 is 2.47 bits per heavy atom. The molecule has 0 aromatic carbocycles. The molecule has 2 amide bonds. The Balaban J connectivity index is 1.84. The number of ether oxygens (including phenoxy) is 1. The molecule has 0 bridgehead atoms. The van der Waals surface area contributed by atoms with Gasteiger partial charge in [0.15, 0.2) is 0 Å². The summed E-state index contributed by atoms with van der Waals surface area (Å²) >= 11 is 0. The average Bonchev–Trinajstić information content (AvgIpc) is 3.07. The highest BCUT2D eigenvalue weighted by atomic mass is 16.5. The maximum atomic E-state index is 11.9. The first-order valence-corrected chi connectivity index (χ1v) is 6.90. The molecule has 108 valence electrons. The third-order valence-electron chi connectivity index (χ3n) is 3.76. The summed E-state index contributed by atoms with van der Waals surface area (Å²) < 4.78 is 5.63. The lowest BCUT2D eigenvalue weighted by Gasteiger charge is -2.23. The Labute approximate surface area is 112 Å². The summed E-state index contributed by atoms with van der Waals surface area (Å²) in [5.41, 5.74) is 0. The van der Waals surface area contributed by atoms with Crippen molar-refractivity contribution in [1.29, 1.82) is 0 Å². The van der Waals surface area contributed by atoms with Gasteiger partial charge in [0.2, 0.25) is 0 Å². The zero-order valence-electron chi connectivity index (χ0n) is 11.4. The Bertz CT molecular complexity index is 355. The van der Waals surface area contributed by atoms with E-state index in [0.29, 0.717) is 12.5 Å². The molecule has 0 radical (unpaired) electrons. The number of carbonyl (C=O) groups is 2. The largest absolute Gasteiger partial charge is 0.480 e. The van der Waals surface area contributed by atoms with E-state index in [1.54, 1.807) is 13.8 Å². The van der Waals surface area contributed by atoms with Gasteiger partial charge in [0.1, 0.15) is 6.04 Å². The number of carboxylic acids is 1. The SMILES string of the molecule is CC(C)C(NC(=O)NC1CCOC1C1CC1)C(=O)O. The normalized spacial score (nSPS) is 28.2. The van der Waals surface area contributed by atoms with Gasteiger partial charge in [0.05, 0.1) is 12.1 Å². The first-order chi connectivity index (χ1) is 8.99. The molecule has 0 aromatic heterocycles. The van der Waals surface area contributed by atoms with Gasteiger partial charge >= 0.3 is 12.0 Å². The Morgan fingerprint density at radius 2 is 1.95 bits per heavy atom. The number of nitrogens with one attached hydrogen (secondary N) is 2. The molecule has 0 spiro atoms. The van der Waals surface area contributed by atoms with E-state index in [2.05, 4.69) is 10.6 Å². The molecule has 6 nitrogen and oxygen atoms in total. The highest BCUT2D eigenvalue weighted by Crippen LogP contribution is 2.38. The fraction of sp³-hybridized carbons (Fsp3) is 0.846. The van der Waals surface area contributed by atoms with Crippen LogP contribution in [0.25, 0.3) is 0 Å². The monoisotopic (exact) mass is 270 g/mol. The lowest BCUT2D eigenvalue weighted by molar-refractivity contribution is -0.140. The van der Waals surface area contributed by atoms with E-state index < -0.39 is 18.0 Å². The van der Waals surface area contributed by atoms with Crippen LogP contribution in [0.5, 0.6) is 0 Å². The summed E-state index contributed by atoms with van der Waals surface area (Å²) in [6.07, 6.45) is 3.23. The predicted molar refractivity (Wildman–Crippen MR) is 68.8 cm³/mol. The number of rotatable bonds is 5. The molecule has 3 N–H and O–H groups in total. The minimum Gasteiger partial charge on any atom is -0.480 e. The summed E-state index contributed by atoms with van der Waals surface area (Å²) in [6, 6.07) is -1.27. The molecule has 6 heteroatoms. The molecule has 1 heterocycles. The predicted octanol–water partition coefficient (Wildman–Crippen LogP) is 0.962. The van der Waals surface area contributed by atoms with E-state index in [-0.39, 0.29) is 18.1 Å². The first-order valence-electron chi connectivity index (χ1n) is 6.90. The third-order valence-corrected chi connectivity index (χ3v) is 3.76. The van der Waals surface area contributed by atoms with Crippen LogP contribution in [0, 0.1) is 11.8 Å². The lowest BCUT2D eigenvalue weighted by Crippen LogP contribution is -2.52. The van der Waals surface area contributed by atoms with Crippen molar-refractivity contribution in [3.63, 3.8) is 0 Å². The second-order valence-electron chi connectivity index (χ2n) is 5.75. The summed E-state index contributed by atoms with van der Waals surface area (Å²) in [4.78, 5) is 22.9. The standard InChI is InChI=1S/C13H22N2O4/c1-7(2)10(12(16)17)15-13(18)14-9-5-6-19-11(9)8-3-4-8/h7-11H,3-6H2,1-2H3,(H,16,17)(H2,14,15,18). The van der Waals surface area contributed by atoms with Crippen LogP contribution >= 0.6 is 0 Å². The molecule has 2 fully saturated rings. The van der Waals surface area contributed by atoms with Gasteiger partial charge in [-0.25, -0.2) is 9.59 Å². The van der Waals surface area contributed by atoms with Gasteiger partial charge in [-0.05, 0) is 31.1 Å². The average molecular weight is 270 g/mol. The maximum absolute atomic E-state index is 11.9. The summed E-state index contributed by atoms with van der Waals surface area (Å²) in [6.45, 7) is 4.20. The summed E-state index contributed by atoms with van der Waals surface area (Å²) in [7, 11) is 0. The molecule has 3 unspecified atom stereocenters. The van der Waals surface area contributed by atoms with Crippen LogP contribution in [-0.4, -0.2) is 41.9 Å². The second kappa shape index (κ2) is 5.77. The number of urea groups is 1. The molecule has 3 atom stereocenters. The molecule has 1 saturated heterocycles. The molecule has 1 aliphatic heterocycles. The Hall–Kier alpha value is -1.30. The van der Waals surface area contributed by atoms with E-state index in [0.717, 1.165) is 19.3 Å². The van der Waals surface area contributed by atoms with Gasteiger partial charge < -0.3 is 20.5 Å². The van der Waals surface area contributed by atoms with Crippen LogP contribution in [0.15, 0.2) is 0 Å². The van der Waals surface area contributed by atoms with Crippen molar-refractivity contribution >= 4 is 12.0 Å². The van der Waals surface area contributed by atoms with Gasteiger partial charge in [0.25, 0.3) is 0 Å². The van der Waals surface area contributed by atoms with Crippen molar-refractivity contribution in [2.24, 2.45) is 11.8 Å². The number of hydrogen-bond donors (Lipinski definition) is 3. The van der Waals surface area contributed by atoms with Crippen LogP contribution < -0.4 is 10.6 Å². The molecule has 2 rings (SSSR count). The first kappa shape index (κ1) is 14.1. The number of carbonyl (C=O) groups excluding carboxylic acids is 1. The fourth-order valence-corrected chi connectivity index (χ4v) is 2.52. The summed E-state index contributed by atoms with van der Waals surface area (Å²) in [5.74, 6) is -0.595. The highest BCUT2D eigenvalue weighted by Gasteiger charge is 2.41. The zero-order valence-corrected chi connectivity index (χ0v) is 11.4. The topological polar surface area (TPSA) is 87.7 Å². The van der Waals surface area contributed by atoms with E-state index in [9.17, 15) is 9.59 Å². The number of amides is 2. The highest BCUT2D eigenvalue weighted by molar-refractivity contribution is 5.82. The van der Waals surface area contributed by atoms with Crippen LogP contribution in [0.4, 0.5) is 4.79 Å². The van der Waals surface area contributed by atoms with Crippen molar-refractivity contribution in [2.75, 3.05) is 6.61 Å². The maximum Gasteiger partial charge on any atom is 0.326 e. The van der Waals surface area contributed by atoms with Crippen LogP contribution in [0.2, 0.25) is 0 Å².